The van der Waals surface area contributed by atoms with Crippen LogP contribution in [0.25, 0.3) is 0 Å². The molecule has 0 aromatic heterocycles. The molecular weight excluding hydrogens is 988 g/mol. The maximum atomic E-state index is 11.3. The molecule has 21 N–H and O–H groups in total. The van der Waals surface area contributed by atoms with E-state index in [2.05, 4.69) is 4.74 Å². The van der Waals surface area contributed by atoms with Crippen molar-refractivity contribution >= 4 is 0 Å². The molecule has 0 aromatic rings. The SMILES string of the molecule is COC(O)C(O)C(O)C(OC1OC(CO)C(OC(O)C(O)C(O)C(OC2OC(CO)C(OC(O)C(O)C(O)C(OC)C(C)CO)C(O)C2O)C(C)CO)C(O)C1O)C(C)COC1OC(CO)C(O)C(O)C1O. The van der Waals surface area contributed by atoms with Gasteiger partial charge in [0, 0.05) is 45.2 Å². The van der Waals surface area contributed by atoms with Crippen LogP contribution in [0.5, 0.6) is 0 Å². The van der Waals surface area contributed by atoms with Crippen molar-refractivity contribution < 1.29 is 155 Å². The summed E-state index contributed by atoms with van der Waals surface area (Å²) in [7, 11) is 2.14. The molecule has 3 aliphatic rings. The van der Waals surface area contributed by atoms with Crippen molar-refractivity contribution in [2.24, 2.45) is 17.8 Å². The van der Waals surface area contributed by atoms with Crippen molar-refractivity contribution in [1.29, 1.82) is 0 Å². The minimum absolute atomic E-state index is 0.486. The maximum Gasteiger partial charge on any atom is 0.187 e. The van der Waals surface area contributed by atoms with Gasteiger partial charge in [-0.25, -0.2) is 0 Å². The van der Waals surface area contributed by atoms with Gasteiger partial charge < -0.3 is 155 Å². The van der Waals surface area contributed by atoms with Gasteiger partial charge >= 0.3 is 0 Å². The number of hydrogen-bond acceptors (Lipinski definition) is 31. The quantitative estimate of drug-likeness (QED) is 0.0297. The third-order valence-corrected chi connectivity index (χ3v) is 12.9. The highest BCUT2D eigenvalue weighted by molar-refractivity contribution is 4.96. The van der Waals surface area contributed by atoms with Crippen molar-refractivity contribution in [3.05, 3.63) is 0 Å². The summed E-state index contributed by atoms with van der Waals surface area (Å²) in [5.74, 6) is -3.16. The largest absolute Gasteiger partial charge is 0.396 e. The van der Waals surface area contributed by atoms with Gasteiger partial charge in [-0.15, -0.1) is 0 Å². The average molecular weight is 1070 g/mol. The van der Waals surface area contributed by atoms with Crippen LogP contribution in [0.2, 0.25) is 0 Å². The zero-order chi connectivity index (χ0) is 54.6. The van der Waals surface area contributed by atoms with Crippen LogP contribution in [0.4, 0.5) is 0 Å². The van der Waals surface area contributed by atoms with Gasteiger partial charge in [-0.3, -0.25) is 0 Å². The van der Waals surface area contributed by atoms with Gasteiger partial charge in [-0.1, -0.05) is 20.8 Å². The van der Waals surface area contributed by atoms with Crippen LogP contribution >= 0.6 is 0 Å². The third kappa shape index (κ3) is 15.7. The summed E-state index contributed by atoms with van der Waals surface area (Å²) in [5, 5.41) is 222. The van der Waals surface area contributed by atoms with E-state index in [0.717, 1.165) is 14.2 Å². The molecule has 3 fully saturated rings. The first kappa shape index (κ1) is 65.0. The van der Waals surface area contributed by atoms with Crippen LogP contribution in [0.1, 0.15) is 20.8 Å². The van der Waals surface area contributed by atoms with Gasteiger partial charge in [0.25, 0.3) is 0 Å². The van der Waals surface area contributed by atoms with Crippen molar-refractivity contribution in [2.45, 2.75) is 187 Å². The van der Waals surface area contributed by atoms with Gasteiger partial charge in [0.15, 0.2) is 37.7 Å². The van der Waals surface area contributed by atoms with Gasteiger partial charge in [-0.05, 0) is 0 Å². The Hall–Kier alpha value is -1.24. The first-order valence-corrected chi connectivity index (χ1v) is 23.0. The molecule has 3 rings (SSSR count). The molecule has 3 aliphatic heterocycles. The maximum absolute atomic E-state index is 11.3. The molecule has 428 valence electrons. The van der Waals surface area contributed by atoms with Crippen LogP contribution < -0.4 is 0 Å². The number of aliphatic hydroxyl groups is 21. The summed E-state index contributed by atoms with van der Waals surface area (Å²) in [6.45, 7) is -0.782. The van der Waals surface area contributed by atoms with Gasteiger partial charge in [0.1, 0.15) is 110 Å². The highest BCUT2D eigenvalue weighted by atomic mass is 16.7. The van der Waals surface area contributed by atoms with E-state index in [1.54, 1.807) is 0 Å². The van der Waals surface area contributed by atoms with E-state index >= 15 is 0 Å². The first-order chi connectivity index (χ1) is 33.8. The van der Waals surface area contributed by atoms with E-state index in [1.807, 2.05) is 0 Å². The van der Waals surface area contributed by atoms with E-state index in [-0.39, 0.29) is 0 Å². The van der Waals surface area contributed by atoms with Crippen molar-refractivity contribution in [1.82, 2.24) is 0 Å². The van der Waals surface area contributed by atoms with Crippen molar-refractivity contribution in [2.75, 3.05) is 53.9 Å². The molecule has 0 saturated carbocycles. The van der Waals surface area contributed by atoms with E-state index < -0.39 is 223 Å². The van der Waals surface area contributed by atoms with Crippen molar-refractivity contribution in [3.63, 3.8) is 0 Å². The predicted molar refractivity (Wildman–Crippen MR) is 228 cm³/mol. The highest BCUT2D eigenvalue weighted by Gasteiger charge is 2.53. The normalized spacial score (nSPS) is 38.0. The Morgan fingerprint density at radius 3 is 1.12 bits per heavy atom. The van der Waals surface area contributed by atoms with Crippen LogP contribution in [0.15, 0.2) is 0 Å². The fourth-order valence-corrected chi connectivity index (χ4v) is 8.25. The Morgan fingerprint density at radius 1 is 0.375 bits per heavy atom. The molecular formula is C41H78O31. The van der Waals surface area contributed by atoms with Crippen LogP contribution in [-0.4, -0.2) is 327 Å². The number of aliphatic hydroxyl groups excluding tert-OH is 21. The molecule has 0 bridgehead atoms. The molecule has 0 aromatic carbocycles. The number of ether oxygens (including phenoxy) is 10. The summed E-state index contributed by atoms with van der Waals surface area (Å²) >= 11 is 0. The number of hydrogen-bond donors (Lipinski definition) is 21. The third-order valence-electron chi connectivity index (χ3n) is 12.9. The second-order valence-electron chi connectivity index (χ2n) is 18.2. The second-order valence-corrected chi connectivity index (χ2v) is 18.2. The molecule has 0 amide bonds. The number of rotatable bonds is 30. The Bertz CT molecular complexity index is 1490. The van der Waals surface area contributed by atoms with Crippen LogP contribution in [-0.2, 0) is 47.4 Å². The van der Waals surface area contributed by atoms with Gasteiger partial charge in [-0.2, -0.15) is 0 Å². The fraction of sp³-hybridized carbons (Fsp3) is 1.00. The average Bonchev–Trinajstić information content (AvgIpc) is 3.38. The minimum Gasteiger partial charge on any atom is -0.396 e. The Morgan fingerprint density at radius 2 is 0.736 bits per heavy atom. The zero-order valence-electron chi connectivity index (χ0n) is 40.0. The summed E-state index contributed by atoms with van der Waals surface area (Å²) in [5.41, 5.74) is 0. The smallest absolute Gasteiger partial charge is 0.187 e. The Balaban J connectivity index is 1.76. The molecule has 3 heterocycles. The van der Waals surface area contributed by atoms with Crippen LogP contribution in [0, 0.1) is 17.8 Å². The fourth-order valence-electron chi connectivity index (χ4n) is 8.25. The summed E-state index contributed by atoms with van der Waals surface area (Å²) in [6.07, 6.45) is -53.7. The molecule has 31 nitrogen and oxygen atoms in total. The summed E-state index contributed by atoms with van der Waals surface area (Å²) in [4.78, 5) is 0. The zero-order valence-corrected chi connectivity index (χ0v) is 40.0. The summed E-state index contributed by atoms with van der Waals surface area (Å²) < 4.78 is 53.9. The topological polar surface area (TPSA) is 517 Å². The Kier molecular flexibility index (Phi) is 27.2. The lowest BCUT2D eigenvalue weighted by Gasteiger charge is -2.46. The van der Waals surface area contributed by atoms with E-state index in [4.69, 9.17) is 42.6 Å². The Labute approximate surface area is 412 Å². The lowest BCUT2D eigenvalue weighted by Crippen LogP contribution is -2.64. The predicted octanol–water partition coefficient (Wildman–Crippen LogP) is -12.1. The minimum atomic E-state index is -2.59. The molecule has 30 atom stereocenters. The molecule has 0 spiro atoms. The monoisotopic (exact) mass is 1070 g/mol. The molecule has 72 heavy (non-hydrogen) atoms. The summed E-state index contributed by atoms with van der Waals surface area (Å²) in [6, 6.07) is 0. The standard InChI is InChI=1S/C41H78O31/c1-12(6-42)31(63-4)20(49)26(55)37(61)69-34-16(9-45)67-40(29(58)23(34)52)71-32(13(2)7-43)22(51)27(56)38(62)70-35-17(10-46)68-41(30(59)24(35)53)72-33(21(50)25(54)36(60)64-5)14(3)11-65-39-28(57)19(48)18(47)15(8-44)66-39/h12-62H,6-11H2,1-5H3. The first-order valence-electron chi connectivity index (χ1n) is 23.0. The molecule has 30 unspecified atom stereocenters. The molecule has 0 aliphatic carbocycles. The lowest BCUT2D eigenvalue weighted by molar-refractivity contribution is -0.357. The van der Waals surface area contributed by atoms with Gasteiger partial charge in [0.05, 0.1) is 44.7 Å². The van der Waals surface area contributed by atoms with Gasteiger partial charge in [0.2, 0.25) is 0 Å². The van der Waals surface area contributed by atoms with E-state index in [1.165, 1.54) is 20.8 Å². The molecule has 0 radical (unpaired) electrons. The molecule has 31 heteroatoms. The molecule has 3 saturated heterocycles. The van der Waals surface area contributed by atoms with E-state index in [9.17, 15) is 107 Å². The lowest BCUT2D eigenvalue weighted by atomic mass is 9.94. The van der Waals surface area contributed by atoms with Crippen molar-refractivity contribution in [3.8, 4) is 0 Å². The second kappa shape index (κ2) is 30.1. The van der Waals surface area contributed by atoms with Crippen LogP contribution in [0.3, 0.4) is 0 Å². The number of methoxy groups -OCH3 is 2. The van der Waals surface area contributed by atoms with E-state index in [0.29, 0.717) is 0 Å². The highest BCUT2D eigenvalue weighted by Crippen LogP contribution is 2.33.